The fourth-order valence-electron chi connectivity index (χ4n) is 2.62. The maximum Gasteiger partial charge on any atom is 0.0484 e. The third kappa shape index (κ3) is 3.16. The summed E-state index contributed by atoms with van der Waals surface area (Å²) >= 11 is 1.83. The van der Waals surface area contributed by atoms with Gasteiger partial charge in [-0.1, -0.05) is 38.5 Å². The van der Waals surface area contributed by atoms with E-state index in [9.17, 15) is 0 Å². The number of likely N-dealkylation sites (N-methyl/N-ethyl adjacent to an activating group) is 1. The molecule has 0 saturated heterocycles. The number of nitrogens with two attached hydrogens (primary N) is 1. The predicted octanol–water partition coefficient (Wildman–Crippen LogP) is 4.02. The zero-order valence-corrected chi connectivity index (χ0v) is 12.7. The van der Waals surface area contributed by atoms with E-state index in [0.29, 0.717) is 12.6 Å². The van der Waals surface area contributed by atoms with Crippen molar-refractivity contribution < 1.29 is 0 Å². The molecule has 3 heteroatoms. The summed E-state index contributed by atoms with van der Waals surface area (Å²) < 4.78 is 1.36. The Labute approximate surface area is 120 Å². The molecule has 0 saturated carbocycles. The van der Waals surface area contributed by atoms with E-state index >= 15 is 0 Å². The lowest BCUT2D eigenvalue weighted by atomic mass is 10.0. The highest BCUT2D eigenvalue weighted by Gasteiger charge is 2.20. The number of benzene rings is 1. The van der Waals surface area contributed by atoms with E-state index in [1.165, 1.54) is 28.5 Å². The molecule has 0 radical (unpaired) electrons. The van der Waals surface area contributed by atoms with Gasteiger partial charge >= 0.3 is 0 Å². The van der Waals surface area contributed by atoms with Gasteiger partial charge in [0.05, 0.1) is 0 Å². The van der Waals surface area contributed by atoms with Crippen molar-refractivity contribution in [2.75, 3.05) is 19.6 Å². The first-order valence-corrected chi connectivity index (χ1v) is 8.10. The molecule has 0 aliphatic carbocycles. The molecule has 104 valence electrons. The van der Waals surface area contributed by atoms with Crippen molar-refractivity contribution in [3.05, 3.63) is 35.2 Å². The van der Waals surface area contributed by atoms with Crippen LogP contribution in [-0.4, -0.2) is 24.5 Å². The number of thiophene rings is 1. The first-order valence-electron chi connectivity index (χ1n) is 7.22. The first kappa shape index (κ1) is 14.5. The Balaban J connectivity index is 2.29. The maximum atomic E-state index is 6.07. The van der Waals surface area contributed by atoms with Gasteiger partial charge in [-0.2, -0.15) is 0 Å². The number of rotatable bonds is 7. The van der Waals surface area contributed by atoms with Gasteiger partial charge in [0, 0.05) is 17.3 Å². The second-order valence-electron chi connectivity index (χ2n) is 4.92. The summed E-state index contributed by atoms with van der Waals surface area (Å²) in [5.74, 6) is 0. The minimum atomic E-state index is 0.354. The summed E-state index contributed by atoms with van der Waals surface area (Å²) in [6.07, 6.45) is 2.48. The third-order valence-electron chi connectivity index (χ3n) is 3.74. The van der Waals surface area contributed by atoms with Crippen molar-refractivity contribution in [3.63, 3.8) is 0 Å². The molecule has 0 spiro atoms. The highest BCUT2D eigenvalue weighted by molar-refractivity contribution is 7.17. The Hall–Kier alpha value is -0.900. The molecule has 2 aromatic rings. The van der Waals surface area contributed by atoms with Crippen molar-refractivity contribution in [3.8, 4) is 0 Å². The van der Waals surface area contributed by atoms with Crippen LogP contribution in [0.3, 0.4) is 0 Å². The zero-order valence-electron chi connectivity index (χ0n) is 11.9. The van der Waals surface area contributed by atoms with Crippen LogP contribution in [0.25, 0.3) is 10.1 Å². The molecule has 0 aliphatic heterocycles. The molecule has 0 amide bonds. The molecule has 1 aromatic carbocycles. The zero-order chi connectivity index (χ0) is 13.7. The van der Waals surface area contributed by atoms with Gasteiger partial charge in [-0.05, 0) is 41.9 Å². The topological polar surface area (TPSA) is 29.3 Å². The van der Waals surface area contributed by atoms with Crippen LogP contribution in [0.1, 0.15) is 38.3 Å². The van der Waals surface area contributed by atoms with Gasteiger partial charge in [0.2, 0.25) is 0 Å². The second kappa shape index (κ2) is 7.04. The van der Waals surface area contributed by atoms with Crippen LogP contribution in [0.2, 0.25) is 0 Å². The fourth-order valence-corrected chi connectivity index (χ4v) is 3.63. The molecule has 0 fully saturated rings. The van der Waals surface area contributed by atoms with E-state index in [0.717, 1.165) is 13.1 Å². The third-order valence-corrected chi connectivity index (χ3v) is 4.72. The molecular formula is C16H24N2S. The van der Waals surface area contributed by atoms with Crippen LogP contribution in [0.15, 0.2) is 29.6 Å². The Morgan fingerprint density at radius 3 is 2.74 bits per heavy atom. The van der Waals surface area contributed by atoms with E-state index in [4.69, 9.17) is 5.73 Å². The molecular weight excluding hydrogens is 252 g/mol. The summed E-state index contributed by atoms with van der Waals surface area (Å²) in [6, 6.07) is 8.99. The van der Waals surface area contributed by atoms with Crippen molar-refractivity contribution in [1.82, 2.24) is 4.90 Å². The van der Waals surface area contributed by atoms with Crippen LogP contribution in [0.5, 0.6) is 0 Å². The van der Waals surface area contributed by atoms with Gasteiger partial charge in [-0.25, -0.2) is 0 Å². The van der Waals surface area contributed by atoms with Crippen LogP contribution in [-0.2, 0) is 0 Å². The fraction of sp³-hybridized carbons (Fsp3) is 0.500. The Kier molecular flexibility index (Phi) is 5.37. The van der Waals surface area contributed by atoms with E-state index in [-0.39, 0.29) is 0 Å². The molecule has 1 heterocycles. The SMILES string of the molecule is CCCCN(CC)C(CN)c1csc2ccccc12. The van der Waals surface area contributed by atoms with Crippen LogP contribution >= 0.6 is 11.3 Å². The van der Waals surface area contributed by atoms with E-state index in [1.807, 2.05) is 11.3 Å². The maximum absolute atomic E-state index is 6.07. The minimum absolute atomic E-state index is 0.354. The summed E-state index contributed by atoms with van der Waals surface area (Å²) in [7, 11) is 0. The average molecular weight is 276 g/mol. The standard InChI is InChI=1S/C16H24N2S/c1-3-5-10-18(4-2)15(11-17)14-12-19-16-9-7-6-8-13(14)16/h6-9,12,15H,3-5,10-11,17H2,1-2H3. The molecule has 1 atom stereocenters. The van der Waals surface area contributed by atoms with Crippen LogP contribution in [0, 0.1) is 0 Å². The van der Waals surface area contributed by atoms with Crippen molar-refractivity contribution in [1.29, 1.82) is 0 Å². The van der Waals surface area contributed by atoms with Gasteiger partial charge < -0.3 is 5.73 Å². The monoisotopic (exact) mass is 276 g/mol. The molecule has 2 N–H and O–H groups in total. The average Bonchev–Trinajstić information content (AvgIpc) is 2.87. The second-order valence-corrected chi connectivity index (χ2v) is 5.83. The molecule has 1 unspecified atom stereocenters. The molecule has 1 aromatic heterocycles. The van der Waals surface area contributed by atoms with E-state index < -0.39 is 0 Å². The molecule has 19 heavy (non-hydrogen) atoms. The molecule has 0 aliphatic rings. The van der Waals surface area contributed by atoms with Crippen molar-refractivity contribution in [2.24, 2.45) is 5.73 Å². The number of fused-ring (bicyclic) bond motifs is 1. The van der Waals surface area contributed by atoms with Crippen molar-refractivity contribution >= 4 is 21.4 Å². The van der Waals surface area contributed by atoms with Gasteiger partial charge in [0.25, 0.3) is 0 Å². The quantitative estimate of drug-likeness (QED) is 0.827. The first-order chi connectivity index (χ1) is 9.31. The Morgan fingerprint density at radius 1 is 1.26 bits per heavy atom. The lowest BCUT2D eigenvalue weighted by Gasteiger charge is -2.29. The van der Waals surface area contributed by atoms with E-state index in [2.05, 4.69) is 48.4 Å². The van der Waals surface area contributed by atoms with Gasteiger partial charge in [0.15, 0.2) is 0 Å². The van der Waals surface area contributed by atoms with Gasteiger partial charge in [-0.3, -0.25) is 4.90 Å². The number of unbranched alkanes of at least 4 members (excludes halogenated alkanes) is 1. The van der Waals surface area contributed by atoms with Crippen molar-refractivity contribution in [2.45, 2.75) is 32.7 Å². The summed E-state index contributed by atoms with van der Waals surface area (Å²) in [4.78, 5) is 2.51. The lowest BCUT2D eigenvalue weighted by Crippen LogP contribution is -2.34. The van der Waals surface area contributed by atoms with Gasteiger partial charge in [0.1, 0.15) is 0 Å². The van der Waals surface area contributed by atoms with Gasteiger partial charge in [-0.15, -0.1) is 11.3 Å². The number of nitrogens with zero attached hydrogens (tertiary/aromatic N) is 1. The predicted molar refractivity (Wildman–Crippen MR) is 85.8 cm³/mol. The summed E-state index contributed by atoms with van der Waals surface area (Å²) in [6.45, 7) is 7.36. The largest absolute Gasteiger partial charge is 0.329 e. The summed E-state index contributed by atoms with van der Waals surface area (Å²) in [5.41, 5.74) is 7.47. The number of hydrogen-bond acceptors (Lipinski definition) is 3. The molecule has 0 bridgehead atoms. The van der Waals surface area contributed by atoms with E-state index in [1.54, 1.807) is 0 Å². The minimum Gasteiger partial charge on any atom is -0.329 e. The Bertz CT molecular complexity index is 506. The molecule has 2 rings (SSSR count). The molecule has 2 nitrogen and oxygen atoms in total. The normalized spacial score (nSPS) is 13.3. The van der Waals surface area contributed by atoms with Crippen LogP contribution < -0.4 is 5.73 Å². The highest BCUT2D eigenvalue weighted by atomic mass is 32.1. The smallest absolute Gasteiger partial charge is 0.0484 e. The van der Waals surface area contributed by atoms with Crippen LogP contribution in [0.4, 0.5) is 0 Å². The lowest BCUT2D eigenvalue weighted by molar-refractivity contribution is 0.210. The summed E-state index contributed by atoms with van der Waals surface area (Å²) in [5, 5.41) is 3.66. The Morgan fingerprint density at radius 2 is 2.05 bits per heavy atom. The number of hydrogen-bond donors (Lipinski definition) is 1. The highest BCUT2D eigenvalue weighted by Crippen LogP contribution is 2.32.